The number of fused-ring (bicyclic) bond motifs is 1. The lowest BCUT2D eigenvalue weighted by atomic mass is 10.2. The summed E-state index contributed by atoms with van der Waals surface area (Å²) in [7, 11) is 0. The number of carbonyl (C=O) groups excluding carboxylic acids is 4. The normalized spacial score (nSPS) is 12.8. The zero-order valence-corrected chi connectivity index (χ0v) is 15.3. The Morgan fingerprint density at radius 2 is 2.00 bits per heavy atom. The number of ether oxygens (including phenoxy) is 1. The van der Waals surface area contributed by atoms with Gasteiger partial charge in [-0.25, -0.2) is 0 Å². The van der Waals surface area contributed by atoms with E-state index in [2.05, 4.69) is 10.6 Å². The third-order valence-corrected chi connectivity index (χ3v) is 4.79. The first-order valence-electron chi connectivity index (χ1n) is 8.13. The molecule has 0 saturated heterocycles. The van der Waals surface area contributed by atoms with Gasteiger partial charge < -0.3 is 15.4 Å². The van der Waals surface area contributed by atoms with Crippen LogP contribution in [0.4, 0.5) is 11.4 Å². The average molecular weight is 387 g/mol. The van der Waals surface area contributed by atoms with Crippen LogP contribution >= 0.6 is 11.3 Å². The average Bonchev–Trinajstić information content (AvgIpc) is 3.09. The lowest BCUT2D eigenvalue weighted by Gasteiger charge is -2.28. The van der Waals surface area contributed by atoms with Crippen LogP contribution in [0, 0.1) is 6.92 Å². The molecule has 1 aliphatic rings. The third-order valence-electron chi connectivity index (χ3n) is 3.79. The molecular weight excluding hydrogens is 370 g/mol. The first-order chi connectivity index (χ1) is 12.9. The Labute approximate surface area is 159 Å². The second-order valence-corrected chi connectivity index (χ2v) is 7.09. The summed E-state index contributed by atoms with van der Waals surface area (Å²) >= 11 is 1.32. The van der Waals surface area contributed by atoms with Crippen molar-refractivity contribution in [2.45, 2.75) is 6.92 Å². The molecule has 0 spiro atoms. The lowest BCUT2D eigenvalue weighted by molar-refractivity contribution is -0.146. The van der Waals surface area contributed by atoms with E-state index in [1.54, 1.807) is 30.3 Å². The van der Waals surface area contributed by atoms with Crippen LogP contribution in [0.3, 0.4) is 0 Å². The molecule has 2 heterocycles. The van der Waals surface area contributed by atoms with Gasteiger partial charge in [-0.15, -0.1) is 11.3 Å². The van der Waals surface area contributed by atoms with Gasteiger partial charge in [0.2, 0.25) is 5.91 Å². The molecule has 3 rings (SSSR count). The van der Waals surface area contributed by atoms with Crippen LogP contribution in [-0.4, -0.2) is 43.4 Å². The molecule has 3 amide bonds. The number of anilines is 2. The maximum Gasteiger partial charge on any atom is 0.325 e. The van der Waals surface area contributed by atoms with Crippen molar-refractivity contribution < 1.29 is 23.9 Å². The number of hydrogen-bond acceptors (Lipinski definition) is 6. The van der Waals surface area contributed by atoms with Gasteiger partial charge in [0, 0.05) is 4.88 Å². The van der Waals surface area contributed by atoms with Gasteiger partial charge in [-0.2, -0.15) is 0 Å². The highest BCUT2D eigenvalue weighted by Gasteiger charge is 2.27. The number of rotatable bonds is 5. The van der Waals surface area contributed by atoms with Crippen LogP contribution in [0.15, 0.2) is 36.4 Å². The Morgan fingerprint density at radius 3 is 2.74 bits per heavy atom. The van der Waals surface area contributed by atoms with Gasteiger partial charge in [-0.05, 0) is 31.2 Å². The molecule has 8 nitrogen and oxygen atoms in total. The predicted octanol–water partition coefficient (Wildman–Crippen LogP) is 1.31. The van der Waals surface area contributed by atoms with Crippen molar-refractivity contribution in [2.75, 3.05) is 29.9 Å². The molecule has 1 aromatic carbocycles. The number of nitrogens with one attached hydrogen (secondary N) is 2. The minimum absolute atomic E-state index is 0.151. The molecule has 1 aliphatic heterocycles. The Kier molecular flexibility index (Phi) is 5.51. The minimum atomic E-state index is -0.736. The zero-order chi connectivity index (χ0) is 19.4. The van der Waals surface area contributed by atoms with Gasteiger partial charge in [0.1, 0.15) is 13.1 Å². The highest BCUT2D eigenvalue weighted by atomic mass is 32.1. The summed E-state index contributed by atoms with van der Waals surface area (Å²) in [5, 5.41) is 5.12. The van der Waals surface area contributed by atoms with Crippen LogP contribution in [-0.2, 0) is 19.1 Å². The summed E-state index contributed by atoms with van der Waals surface area (Å²) in [6.45, 7) is 0.858. The molecule has 2 aromatic rings. The number of aryl methyl sites for hydroxylation is 1. The number of amides is 3. The smallest absolute Gasteiger partial charge is 0.325 e. The van der Waals surface area contributed by atoms with Crippen molar-refractivity contribution in [3.8, 4) is 0 Å². The van der Waals surface area contributed by atoms with Crippen molar-refractivity contribution in [3.63, 3.8) is 0 Å². The first-order valence-corrected chi connectivity index (χ1v) is 8.95. The van der Waals surface area contributed by atoms with E-state index in [1.807, 2.05) is 13.0 Å². The summed E-state index contributed by atoms with van der Waals surface area (Å²) in [6.07, 6.45) is 0. The van der Waals surface area contributed by atoms with Crippen molar-refractivity contribution in [1.82, 2.24) is 5.32 Å². The summed E-state index contributed by atoms with van der Waals surface area (Å²) in [5.41, 5.74) is 1.06. The maximum atomic E-state index is 12.4. The zero-order valence-electron chi connectivity index (χ0n) is 14.5. The van der Waals surface area contributed by atoms with Crippen LogP contribution in [0.1, 0.15) is 14.5 Å². The van der Waals surface area contributed by atoms with E-state index in [9.17, 15) is 19.2 Å². The number of hydrogen-bond donors (Lipinski definition) is 2. The Hall–Kier alpha value is -3.20. The predicted molar refractivity (Wildman–Crippen MR) is 99.8 cm³/mol. The van der Waals surface area contributed by atoms with E-state index in [-0.39, 0.29) is 24.9 Å². The molecule has 0 unspecified atom stereocenters. The first kappa shape index (κ1) is 18.6. The SMILES string of the molecule is Cc1ccc(C(=O)NCC(=O)OCC(=O)N2CC(=O)Nc3ccccc32)s1. The molecule has 0 radical (unpaired) electrons. The summed E-state index contributed by atoms with van der Waals surface area (Å²) in [6, 6.07) is 10.3. The standard InChI is InChI=1S/C18H17N3O5S/c1-11-6-7-14(27-11)18(25)19-8-17(24)26-10-16(23)21-9-15(22)20-12-4-2-3-5-13(12)21/h2-7H,8-10H2,1H3,(H,19,25)(H,20,22). The number of benzene rings is 1. The van der Waals surface area contributed by atoms with Gasteiger partial charge in [0.15, 0.2) is 6.61 Å². The Morgan fingerprint density at radius 1 is 1.22 bits per heavy atom. The largest absolute Gasteiger partial charge is 0.454 e. The fourth-order valence-electron chi connectivity index (χ4n) is 2.52. The summed E-state index contributed by atoms with van der Waals surface area (Å²) in [4.78, 5) is 50.5. The van der Waals surface area contributed by atoms with Gasteiger partial charge in [-0.1, -0.05) is 12.1 Å². The van der Waals surface area contributed by atoms with Gasteiger partial charge >= 0.3 is 5.97 Å². The molecule has 27 heavy (non-hydrogen) atoms. The fraction of sp³-hybridized carbons (Fsp3) is 0.222. The Balaban J connectivity index is 1.51. The van der Waals surface area contributed by atoms with E-state index in [0.717, 1.165) is 4.88 Å². The fourth-order valence-corrected chi connectivity index (χ4v) is 3.31. The lowest BCUT2D eigenvalue weighted by Crippen LogP contribution is -2.44. The minimum Gasteiger partial charge on any atom is -0.454 e. The molecule has 0 fully saturated rings. The molecule has 9 heteroatoms. The van der Waals surface area contributed by atoms with E-state index in [4.69, 9.17) is 4.74 Å². The van der Waals surface area contributed by atoms with Gasteiger partial charge in [0.25, 0.3) is 11.8 Å². The molecule has 1 aromatic heterocycles. The Bertz CT molecular complexity index is 908. The van der Waals surface area contributed by atoms with Crippen molar-refractivity contribution in [3.05, 3.63) is 46.2 Å². The topological polar surface area (TPSA) is 105 Å². The van der Waals surface area contributed by atoms with Crippen LogP contribution < -0.4 is 15.5 Å². The van der Waals surface area contributed by atoms with Gasteiger partial charge in [-0.3, -0.25) is 24.1 Å². The number of esters is 1. The maximum absolute atomic E-state index is 12.4. The quantitative estimate of drug-likeness (QED) is 0.753. The number of thiophene rings is 1. The second kappa shape index (κ2) is 8.00. The third kappa shape index (κ3) is 4.50. The molecule has 140 valence electrons. The van der Waals surface area contributed by atoms with E-state index in [0.29, 0.717) is 16.3 Å². The van der Waals surface area contributed by atoms with Gasteiger partial charge in [0.05, 0.1) is 16.3 Å². The number of nitrogens with zero attached hydrogens (tertiary/aromatic N) is 1. The molecule has 0 atom stereocenters. The molecule has 0 saturated carbocycles. The van der Waals surface area contributed by atoms with E-state index >= 15 is 0 Å². The number of carbonyl (C=O) groups is 4. The summed E-state index contributed by atoms with van der Waals surface area (Å²) < 4.78 is 4.93. The van der Waals surface area contributed by atoms with Crippen LogP contribution in [0.2, 0.25) is 0 Å². The highest BCUT2D eigenvalue weighted by Crippen LogP contribution is 2.28. The highest BCUT2D eigenvalue weighted by molar-refractivity contribution is 7.13. The van der Waals surface area contributed by atoms with E-state index in [1.165, 1.54) is 16.2 Å². The molecule has 0 aliphatic carbocycles. The van der Waals surface area contributed by atoms with Crippen molar-refractivity contribution >= 4 is 46.4 Å². The van der Waals surface area contributed by atoms with Crippen LogP contribution in [0.5, 0.6) is 0 Å². The van der Waals surface area contributed by atoms with Crippen LogP contribution in [0.25, 0.3) is 0 Å². The van der Waals surface area contributed by atoms with Crippen molar-refractivity contribution in [2.24, 2.45) is 0 Å². The van der Waals surface area contributed by atoms with E-state index < -0.39 is 18.5 Å². The molecular formula is C18H17N3O5S. The summed E-state index contributed by atoms with van der Waals surface area (Å²) in [5.74, 6) is -1.96. The second-order valence-electron chi connectivity index (χ2n) is 5.80. The van der Waals surface area contributed by atoms with Crippen molar-refractivity contribution in [1.29, 1.82) is 0 Å². The number of para-hydroxylation sites is 2. The molecule has 0 bridgehead atoms. The molecule has 2 N–H and O–H groups in total. The monoisotopic (exact) mass is 387 g/mol.